The van der Waals surface area contributed by atoms with Crippen molar-refractivity contribution < 1.29 is 28.6 Å². The Kier molecular flexibility index (Phi) is 4.73. The van der Waals surface area contributed by atoms with Crippen molar-refractivity contribution in [3.05, 3.63) is 71.1 Å². The van der Waals surface area contributed by atoms with E-state index in [0.717, 1.165) is 5.56 Å². The molecular formula is C16H13FO5. The van der Waals surface area contributed by atoms with Gasteiger partial charge in [-0.1, -0.05) is 12.1 Å². The molecule has 0 aliphatic rings. The Morgan fingerprint density at radius 3 is 2.32 bits per heavy atom. The third-order valence-electron chi connectivity index (χ3n) is 2.87. The van der Waals surface area contributed by atoms with Gasteiger partial charge in [0.25, 0.3) is 0 Å². The number of furan rings is 1. The van der Waals surface area contributed by atoms with Crippen LogP contribution in [0, 0.1) is 5.82 Å². The van der Waals surface area contributed by atoms with Gasteiger partial charge < -0.3 is 14.6 Å². The number of halogens is 1. The summed E-state index contributed by atoms with van der Waals surface area (Å²) in [7, 11) is 0. The summed E-state index contributed by atoms with van der Waals surface area (Å²) in [6, 6.07) is 9.26. The summed E-state index contributed by atoms with van der Waals surface area (Å²) < 4.78 is 18.3. The number of carboxylic acid groups (broad SMARTS) is 1. The molecule has 0 aliphatic carbocycles. The standard InChI is InChI=1S/C16H13FO5/c17-11-3-1-10(2-4-11)7-13-5-6-14(22-13)8-12(18)9-15(19)16(20)21/h1-6,9,19H,7-8H2,(H,20,21). The molecule has 6 heteroatoms. The van der Waals surface area contributed by atoms with Crippen molar-refractivity contribution in [1.82, 2.24) is 0 Å². The number of carbonyl (C=O) groups is 2. The van der Waals surface area contributed by atoms with Crippen molar-refractivity contribution in [1.29, 1.82) is 0 Å². The van der Waals surface area contributed by atoms with Gasteiger partial charge in [-0.15, -0.1) is 0 Å². The van der Waals surface area contributed by atoms with E-state index in [1.807, 2.05) is 0 Å². The minimum atomic E-state index is -1.57. The average molecular weight is 304 g/mol. The van der Waals surface area contributed by atoms with Crippen LogP contribution in [0.25, 0.3) is 0 Å². The van der Waals surface area contributed by atoms with Crippen LogP contribution >= 0.6 is 0 Å². The molecule has 2 rings (SSSR count). The number of hydrogen-bond donors (Lipinski definition) is 2. The highest BCUT2D eigenvalue weighted by Crippen LogP contribution is 2.15. The number of rotatable bonds is 6. The van der Waals surface area contributed by atoms with Crippen molar-refractivity contribution >= 4 is 11.8 Å². The van der Waals surface area contributed by atoms with Gasteiger partial charge in [-0.25, -0.2) is 9.18 Å². The van der Waals surface area contributed by atoms with Crippen LogP contribution in [0.2, 0.25) is 0 Å². The van der Waals surface area contributed by atoms with Gasteiger partial charge in [0.15, 0.2) is 5.78 Å². The van der Waals surface area contributed by atoms with Crippen LogP contribution in [0.3, 0.4) is 0 Å². The second-order valence-electron chi connectivity index (χ2n) is 4.65. The van der Waals surface area contributed by atoms with E-state index in [2.05, 4.69) is 0 Å². The molecule has 0 spiro atoms. The van der Waals surface area contributed by atoms with E-state index in [4.69, 9.17) is 14.6 Å². The van der Waals surface area contributed by atoms with Crippen LogP contribution in [0.1, 0.15) is 17.1 Å². The molecule has 114 valence electrons. The topological polar surface area (TPSA) is 87.7 Å². The Bertz CT molecular complexity index is 712. The van der Waals surface area contributed by atoms with Gasteiger partial charge in [-0.3, -0.25) is 4.79 Å². The summed E-state index contributed by atoms with van der Waals surface area (Å²) in [5.74, 6) is -2.52. The normalized spacial score (nSPS) is 11.4. The number of aliphatic carboxylic acids is 1. The predicted molar refractivity (Wildman–Crippen MR) is 75.0 cm³/mol. The first kappa shape index (κ1) is 15.5. The molecule has 1 aromatic heterocycles. The van der Waals surface area contributed by atoms with E-state index in [9.17, 15) is 14.0 Å². The molecule has 0 saturated heterocycles. The Balaban J connectivity index is 1.99. The molecule has 0 aliphatic heterocycles. The maximum absolute atomic E-state index is 12.8. The molecule has 0 atom stereocenters. The molecule has 5 nitrogen and oxygen atoms in total. The number of carboxylic acids is 1. The van der Waals surface area contributed by atoms with Crippen LogP contribution in [-0.4, -0.2) is 22.0 Å². The summed E-state index contributed by atoms with van der Waals surface area (Å²) in [5.41, 5.74) is 0.858. The minimum Gasteiger partial charge on any atom is -0.502 e. The summed E-state index contributed by atoms with van der Waals surface area (Å²) in [4.78, 5) is 21.9. The number of carbonyl (C=O) groups excluding carboxylic acids is 1. The zero-order chi connectivity index (χ0) is 16.1. The zero-order valence-corrected chi connectivity index (χ0v) is 11.5. The molecule has 2 N–H and O–H groups in total. The van der Waals surface area contributed by atoms with Crippen LogP contribution in [0.15, 0.2) is 52.7 Å². The van der Waals surface area contributed by atoms with Gasteiger partial charge in [0.1, 0.15) is 17.3 Å². The van der Waals surface area contributed by atoms with E-state index in [1.165, 1.54) is 12.1 Å². The van der Waals surface area contributed by atoms with Crippen molar-refractivity contribution in [2.45, 2.75) is 12.8 Å². The Morgan fingerprint density at radius 1 is 1.05 bits per heavy atom. The first-order valence-electron chi connectivity index (χ1n) is 6.43. The Labute approximate surface area is 125 Å². The van der Waals surface area contributed by atoms with Crippen molar-refractivity contribution in [3.8, 4) is 0 Å². The number of aliphatic hydroxyl groups is 1. The van der Waals surface area contributed by atoms with E-state index in [-0.39, 0.29) is 12.2 Å². The van der Waals surface area contributed by atoms with E-state index in [1.54, 1.807) is 24.3 Å². The molecule has 0 bridgehead atoms. The predicted octanol–water partition coefficient (Wildman–Crippen LogP) is 2.65. The zero-order valence-electron chi connectivity index (χ0n) is 11.5. The fourth-order valence-electron chi connectivity index (χ4n) is 1.85. The molecule has 1 heterocycles. The van der Waals surface area contributed by atoms with E-state index >= 15 is 0 Å². The second-order valence-corrected chi connectivity index (χ2v) is 4.65. The number of benzene rings is 1. The van der Waals surface area contributed by atoms with Crippen LogP contribution < -0.4 is 0 Å². The molecule has 0 amide bonds. The number of hydrogen-bond acceptors (Lipinski definition) is 4. The lowest BCUT2D eigenvalue weighted by molar-refractivity contribution is -0.135. The minimum absolute atomic E-state index is 0.152. The third-order valence-corrected chi connectivity index (χ3v) is 2.87. The fourth-order valence-corrected chi connectivity index (χ4v) is 1.85. The van der Waals surface area contributed by atoms with Gasteiger partial charge in [-0.2, -0.15) is 0 Å². The summed E-state index contributed by atoms with van der Waals surface area (Å²) in [5, 5.41) is 17.4. The molecule has 0 unspecified atom stereocenters. The SMILES string of the molecule is O=C(C=C(O)C(=O)O)Cc1ccc(Cc2ccc(F)cc2)o1. The quantitative estimate of drug-likeness (QED) is 0.632. The molecule has 2 aromatic rings. The highest BCUT2D eigenvalue weighted by atomic mass is 19.1. The van der Waals surface area contributed by atoms with Crippen LogP contribution in [-0.2, 0) is 22.4 Å². The Morgan fingerprint density at radius 2 is 1.68 bits per heavy atom. The largest absolute Gasteiger partial charge is 0.502 e. The third kappa shape index (κ3) is 4.31. The van der Waals surface area contributed by atoms with Crippen molar-refractivity contribution in [2.75, 3.05) is 0 Å². The smallest absolute Gasteiger partial charge is 0.371 e. The van der Waals surface area contributed by atoms with Gasteiger partial charge in [0.2, 0.25) is 5.76 Å². The lowest BCUT2D eigenvalue weighted by Gasteiger charge is -1.98. The monoisotopic (exact) mass is 304 g/mol. The van der Waals surface area contributed by atoms with Gasteiger partial charge >= 0.3 is 5.97 Å². The molecule has 0 saturated carbocycles. The summed E-state index contributed by atoms with van der Waals surface area (Å²) in [6.45, 7) is 0. The highest BCUT2D eigenvalue weighted by molar-refractivity contribution is 5.97. The van der Waals surface area contributed by atoms with Crippen LogP contribution in [0.5, 0.6) is 0 Å². The molecule has 22 heavy (non-hydrogen) atoms. The number of allylic oxidation sites excluding steroid dienone is 1. The molecular weight excluding hydrogens is 291 g/mol. The second kappa shape index (κ2) is 6.71. The maximum atomic E-state index is 12.8. The van der Waals surface area contributed by atoms with Gasteiger partial charge in [0, 0.05) is 12.5 Å². The fraction of sp³-hybridized carbons (Fsp3) is 0.125. The highest BCUT2D eigenvalue weighted by Gasteiger charge is 2.11. The number of aliphatic hydroxyl groups excluding tert-OH is 1. The molecule has 0 fully saturated rings. The van der Waals surface area contributed by atoms with E-state index < -0.39 is 17.5 Å². The summed E-state index contributed by atoms with van der Waals surface area (Å²) >= 11 is 0. The number of ketones is 1. The molecule has 1 aromatic carbocycles. The Hall–Kier alpha value is -2.89. The van der Waals surface area contributed by atoms with Crippen molar-refractivity contribution in [2.24, 2.45) is 0 Å². The van der Waals surface area contributed by atoms with E-state index in [0.29, 0.717) is 24.0 Å². The van der Waals surface area contributed by atoms with Crippen LogP contribution in [0.4, 0.5) is 4.39 Å². The summed E-state index contributed by atoms with van der Waals surface area (Å²) in [6.07, 6.45) is 0.940. The average Bonchev–Trinajstić information content (AvgIpc) is 2.88. The molecule has 0 radical (unpaired) electrons. The first-order valence-corrected chi connectivity index (χ1v) is 6.43. The van der Waals surface area contributed by atoms with Crippen molar-refractivity contribution in [3.63, 3.8) is 0 Å². The first-order chi connectivity index (χ1) is 10.4. The van der Waals surface area contributed by atoms with Gasteiger partial charge in [-0.05, 0) is 29.8 Å². The lowest BCUT2D eigenvalue weighted by Crippen LogP contribution is -2.05. The van der Waals surface area contributed by atoms with Gasteiger partial charge in [0.05, 0.1) is 6.42 Å². The maximum Gasteiger partial charge on any atom is 0.371 e. The lowest BCUT2D eigenvalue weighted by atomic mass is 10.1.